The lowest BCUT2D eigenvalue weighted by molar-refractivity contribution is 0.438. The largest absolute Gasteiger partial charge is 0.466 e. The molecule has 2 nitrogen and oxygen atoms in total. The van der Waals surface area contributed by atoms with Crippen LogP contribution in [0.4, 0.5) is 0 Å². The third kappa shape index (κ3) is 4.15. The molecule has 0 aliphatic carbocycles. The molecule has 0 amide bonds. The smallest absolute Gasteiger partial charge is 0.135 e. The van der Waals surface area contributed by atoms with Crippen LogP contribution in [0, 0.1) is 0 Å². The quantitative estimate of drug-likeness (QED) is 0.816. The molecule has 2 unspecified atom stereocenters. The van der Waals surface area contributed by atoms with Gasteiger partial charge in [-0.05, 0) is 35.0 Å². The minimum absolute atomic E-state index is 0.299. The minimum Gasteiger partial charge on any atom is -0.466 e. The van der Waals surface area contributed by atoms with Gasteiger partial charge in [0.15, 0.2) is 0 Å². The minimum atomic E-state index is 0.299. The zero-order chi connectivity index (χ0) is 12.0. The van der Waals surface area contributed by atoms with Crippen LogP contribution >= 0.6 is 27.7 Å². The molecule has 0 fully saturated rings. The molecule has 16 heavy (non-hydrogen) atoms. The Morgan fingerprint density at radius 1 is 1.50 bits per heavy atom. The molecule has 1 rings (SSSR count). The number of rotatable bonds is 7. The molecule has 0 saturated carbocycles. The van der Waals surface area contributed by atoms with Gasteiger partial charge in [-0.2, -0.15) is 11.8 Å². The van der Waals surface area contributed by atoms with Crippen LogP contribution in [-0.4, -0.2) is 17.5 Å². The van der Waals surface area contributed by atoms with Crippen molar-refractivity contribution in [3.8, 4) is 0 Å². The molecule has 2 atom stereocenters. The molecule has 0 spiro atoms. The monoisotopic (exact) mass is 305 g/mol. The van der Waals surface area contributed by atoms with Crippen molar-refractivity contribution in [1.29, 1.82) is 0 Å². The molecule has 0 radical (unpaired) electrons. The van der Waals surface area contributed by atoms with Crippen molar-refractivity contribution in [3.05, 3.63) is 22.6 Å². The molecule has 92 valence electrons. The molecule has 0 aliphatic rings. The Bertz CT molecular complexity index is 303. The summed E-state index contributed by atoms with van der Waals surface area (Å²) in [5, 5.41) is 4.16. The summed E-state index contributed by atoms with van der Waals surface area (Å²) < 4.78 is 6.58. The normalized spacial score (nSPS) is 15.0. The van der Waals surface area contributed by atoms with Crippen molar-refractivity contribution in [1.82, 2.24) is 5.32 Å². The second-order valence-corrected chi connectivity index (χ2v) is 6.12. The summed E-state index contributed by atoms with van der Waals surface area (Å²) in [6.45, 7) is 7.57. The lowest BCUT2D eigenvalue weighted by atomic mass is 10.2. The summed E-state index contributed by atoms with van der Waals surface area (Å²) >= 11 is 5.51. The third-order valence-electron chi connectivity index (χ3n) is 2.53. The lowest BCUT2D eigenvalue weighted by Crippen LogP contribution is -2.23. The van der Waals surface area contributed by atoms with Crippen LogP contribution in [-0.2, 0) is 0 Å². The first-order chi connectivity index (χ1) is 7.69. The van der Waals surface area contributed by atoms with Gasteiger partial charge in [-0.3, -0.25) is 0 Å². The molecule has 0 saturated heterocycles. The van der Waals surface area contributed by atoms with Crippen molar-refractivity contribution < 1.29 is 4.42 Å². The maximum Gasteiger partial charge on any atom is 0.135 e. The Balaban J connectivity index is 2.58. The van der Waals surface area contributed by atoms with Gasteiger partial charge in [0.2, 0.25) is 0 Å². The van der Waals surface area contributed by atoms with Crippen molar-refractivity contribution in [2.45, 2.75) is 38.5 Å². The van der Waals surface area contributed by atoms with Gasteiger partial charge in [0, 0.05) is 11.0 Å². The molecule has 1 N–H and O–H groups in total. The average molecular weight is 306 g/mol. The maximum absolute atomic E-state index is 5.52. The fraction of sp³-hybridized carbons (Fsp3) is 0.667. The Labute approximate surface area is 111 Å². The predicted molar refractivity (Wildman–Crippen MR) is 75.0 cm³/mol. The van der Waals surface area contributed by atoms with E-state index in [1.807, 2.05) is 17.8 Å². The van der Waals surface area contributed by atoms with Crippen molar-refractivity contribution in [2.24, 2.45) is 0 Å². The topological polar surface area (TPSA) is 25.2 Å². The highest BCUT2D eigenvalue weighted by atomic mass is 79.9. The Morgan fingerprint density at radius 2 is 2.25 bits per heavy atom. The molecule has 0 aliphatic heterocycles. The summed E-state index contributed by atoms with van der Waals surface area (Å²) in [6.07, 6.45) is 2.94. The van der Waals surface area contributed by atoms with Gasteiger partial charge in [0.1, 0.15) is 5.76 Å². The van der Waals surface area contributed by atoms with Gasteiger partial charge in [-0.1, -0.05) is 20.8 Å². The molecule has 4 heteroatoms. The van der Waals surface area contributed by atoms with E-state index in [4.69, 9.17) is 4.42 Å². The second-order valence-electron chi connectivity index (χ2n) is 3.80. The lowest BCUT2D eigenvalue weighted by Gasteiger charge is -2.17. The SMILES string of the molecule is CCNC(CSC(C)CC)c1occc1Br. The summed E-state index contributed by atoms with van der Waals surface area (Å²) in [5.41, 5.74) is 0. The van der Waals surface area contributed by atoms with Crippen molar-refractivity contribution in [2.75, 3.05) is 12.3 Å². The highest BCUT2D eigenvalue weighted by Crippen LogP contribution is 2.28. The van der Waals surface area contributed by atoms with Gasteiger partial charge >= 0.3 is 0 Å². The van der Waals surface area contributed by atoms with Crippen molar-refractivity contribution in [3.63, 3.8) is 0 Å². The molecular formula is C12H20BrNOS. The van der Waals surface area contributed by atoms with Gasteiger partial charge in [-0.15, -0.1) is 0 Å². The van der Waals surface area contributed by atoms with Crippen LogP contribution in [0.15, 0.2) is 21.2 Å². The number of hydrogen-bond acceptors (Lipinski definition) is 3. The van der Waals surface area contributed by atoms with Crippen LogP contribution in [0.2, 0.25) is 0 Å². The fourth-order valence-electron chi connectivity index (χ4n) is 1.41. The molecule has 1 aromatic rings. The van der Waals surface area contributed by atoms with E-state index in [2.05, 4.69) is 42.0 Å². The van der Waals surface area contributed by atoms with E-state index in [0.717, 1.165) is 22.5 Å². The van der Waals surface area contributed by atoms with E-state index in [9.17, 15) is 0 Å². The molecule has 0 bridgehead atoms. The highest BCUT2D eigenvalue weighted by molar-refractivity contribution is 9.10. The molecule has 1 heterocycles. The van der Waals surface area contributed by atoms with E-state index in [0.29, 0.717) is 11.3 Å². The van der Waals surface area contributed by atoms with Crippen molar-refractivity contribution >= 4 is 27.7 Å². The maximum atomic E-state index is 5.52. The summed E-state index contributed by atoms with van der Waals surface area (Å²) in [4.78, 5) is 0. The van der Waals surface area contributed by atoms with Gasteiger partial charge in [0.25, 0.3) is 0 Å². The summed E-state index contributed by atoms with van der Waals surface area (Å²) in [6, 6.07) is 2.25. The number of halogens is 1. The average Bonchev–Trinajstić information content (AvgIpc) is 2.70. The second kappa shape index (κ2) is 7.41. The molecule has 0 aromatic carbocycles. The molecule has 1 aromatic heterocycles. The zero-order valence-electron chi connectivity index (χ0n) is 10.1. The van der Waals surface area contributed by atoms with Crippen LogP contribution < -0.4 is 5.32 Å². The summed E-state index contributed by atoms with van der Waals surface area (Å²) in [5.74, 6) is 2.06. The highest BCUT2D eigenvalue weighted by Gasteiger charge is 2.17. The van der Waals surface area contributed by atoms with E-state index in [-0.39, 0.29) is 0 Å². The van der Waals surface area contributed by atoms with Gasteiger partial charge < -0.3 is 9.73 Å². The Kier molecular flexibility index (Phi) is 6.54. The molecular weight excluding hydrogens is 286 g/mol. The van der Waals surface area contributed by atoms with E-state index >= 15 is 0 Å². The van der Waals surface area contributed by atoms with Gasteiger partial charge in [-0.25, -0.2) is 0 Å². The van der Waals surface area contributed by atoms with Crippen LogP contribution in [0.3, 0.4) is 0 Å². The number of furan rings is 1. The first kappa shape index (κ1) is 14.1. The van der Waals surface area contributed by atoms with Crippen LogP contribution in [0.5, 0.6) is 0 Å². The van der Waals surface area contributed by atoms with E-state index in [1.54, 1.807) is 6.26 Å². The number of hydrogen-bond donors (Lipinski definition) is 1. The Morgan fingerprint density at radius 3 is 2.75 bits per heavy atom. The van der Waals surface area contributed by atoms with E-state index in [1.165, 1.54) is 6.42 Å². The first-order valence-corrected chi connectivity index (χ1v) is 7.61. The van der Waals surface area contributed by atoms with Gasteiger partial charge in [0.05, 0.1) is 16.8 Å². The van der Waals surface area contributed by atoms with Crippen LogP contribution in [0.1, 0.15) is 39.0 Å². The third-order valence-corrected chi connectivity index (χ3v) is 4.62. The number of thioether (sulfide) groups is 1. The standard InChI is InChI=1S/C12H20BrNOS/c1-4-9(3)16-8-11(14-5-2)12-10(13)6-7-15-12/h6-7,9,11,14H,4-5,8H2,1-3H3. The first-order valence-electron chi connectivity index (χ1n) is 5.76. The van der Waals surface area contributed by atoms with E-state index < -0.39 is 0 Å². The zero-order valence-corrected chi connectivity index (χ0v) is 12.5. The Hall–Kier alpha value is 0.0700. The summed E-state index contributed by atoms with van der Waals surface area (Å²) in [7, 11) is 0. The fourth-order valence-corrected chi connectivity index (χ4v) is 2.91. The van der Waals surface area contributed by atoms with Crippen LogP contribution in [0.25, 0.3) is 0 Å². The predicted octanol–water partition coefficient (Wildman–Crippen LogP) is 4.22. The number of nitrogens with one attached hydrogen (secondary N) is 1.